The Morgan fingerprint density at radius 3 is 2.33 bits per heavy atom. The van der Waals surface area contributed by atoms with Crippen molar-refractivity contribution in [1.29, 1.82) is 5.41 Å². The van der Waals surface area contributed by atoms with Gasteiger partial charge in [-0.25, -0.2) is 13.4 Å². The van der Waals surface area contributed by atoms with E-state index in [4.69, 9.17) is 16.9 Å². The molecule has 0 atom stereocenters. The minimum absolute atomic E-state index is 0.0524. The summed E-state index contributed by atoms with van der Waals surface area (Å²) >= 11 is 0. The molecule has 214 valence electrons. The Morgan fingerprint density at radius 1 is 1.10 bits per heavy atom. The molecular weight excluding hydrogens is 530 g/mol. The highest BCUT2D eigenvalue weighted by Gasteiger charge is 2.26. The molecule has 0 aliphatic carbocycles. The first-order valence-electron chi connectivity index (χ1n) is 13.1. The number of benzene rings is 2. The summed E-state index contributed by atoms with van der Waals surface area (Å²) in [5.74, 6) is -0.418. The molecule has 11 nitrogen and oxygen atoms in total. The van der Waals surface area contributed by atoms with Crippen molar-refractivity contribution in [2.45, 2.75) is 69.8 Å². The lowest BCUT2D eigenvalue weighted by atomic mass is 10.1. The lowest BCUT2D eigenvalue weighted by Crippen LogP contribution is -2.35. The normalized spacial score (nSPS) is 11.6. The maximum atomic E-state index is 13.5. The van der Waals surface area contributed by atoms with Crippen LogP contribution in [0.3, 0.4) is 0 Å². The number of amidine groups is 1. The highest BCUT2D eigenvalue weighted by Crippen LogP contribution is 2.29. The Morgan fingerprint density at radius 2 is 1.75 bits per heavy atom. The van der Waals surface area contributed by atoms with Gasteiger partial charge in [-0.3, -0.25) is 19.6 Å². The smallest absolute Gasteiger partial charge is 0.294 e. The zero-order valence-corrected chi connectivity index (χ0v) is 24.0. The van der Waals surface area contributed by atoms with Crippen LogP contribution in [0.15, 0.2) is 58.4 Å². The molecule has 7 N–H and O–H groups in total. The van der Waals surface area contributed by atoms with E-state index in [1.165, 1.54) is 22.9 Å². The number of anilines is 2. The fourth-order valence-corrected chi connectivity index (χ4v) is 6.16. The third-order valence-corrected chi connectivity index (χ3v) is 8.88. The van der Waals surface area contributed by atoms with Gasteiger partial charge < -0.3 is 22.1 Å². The molecule has 0 saturated carbocycles. The van der Waals surface area contributed by atoms with Crippen molar-refractivity contribution in [2.24, 2.45) is 5.73 Å². The van der Waals surface area contributed by atoms with Crippen molar-refractivity contribution in [3.05, 3.63) is 70.1 Å². The lowest BCUT2D eigenvalue weighted by Gasteiger charge is -2.18. The van der Waals surface area contributed by atoms with Gasteiger partial charge in [-0.1, -0.05) is 38.1 Å². The molecule has 1 aromatic heterocycles. The van der Waals surface area contributed by atoms with E-state index in [9.17, 15) is 18.0 Å². The summed E-state index contributed by atoms with van der Waals surface area (Å²) in [6.07, 6.45) is 2.33. The minimum atomic E-state index is -3.67. The number of nitrogen functional groups attached to an aromatic ring is 2. The summed E-state index contributed by atoms with van der Waals surface area (Å²) in [7, 11) is -3.67. The van der Waals surface area contributed by atoms with Gasteiger partial charge in [0.15, 0.2) is 15.7 Å². The Labute approximate surface area is 234 Å². The van der Waals surface area contributed by atoms with Gasteiger partial charge in [0, 0.05) is 29.4 Å². The van der Waals surface area contributed by atoms with E-state index in [0.717, 1.165) is 5.56 Å². The van der Waals surface area contributed by atoms with Gasteiger partial charge in [0.05, 0.1) is 22.0 Å². The fraction of sp³-hybridized carbons (Fsp3) is 0.357. The van der Waals surface area contributed by atoms with Gasteiger partial charge in [0.1, 0.15) is 12.4 Å². The SMILES string of the molecule is CCC(CC)S(=O)(=O)c1cc(N)cc(-c2cnc(NC(C)C)c(=O)n2CC(=O)NCc2ccc(C(=N)N)cc2)c1. The average molecular weight is 568 g/mol. The van der Waals surface area contributed by atoms with Gasteiger partial charge in [0.25, 0.3) is 5.56 Å². The first-order valence-corrected chi connectivity index (χ1v) is 14.6. The number of carbonyl (C=O) groups excluding carboxylic acids is 1. The Hall–Kier alpha value is -4.19. The van der Waals surface area contributed by atoms with Crippen molar-refractivity contribution >= 4 is 33.1 Å². The number of carbonyl (C=O) groups is 1. The Kier molecular flexibility index (Phi) is 9.69. The van der Waals surface area contributed by atoms with Crippen LogP contribution in [0, 0.1) is 5.41 Å². The molecule has 3 rings (SSSR count). The second-order valence-corrected chi connectivity index (χ2v) is 12.1. The monoisotopic (exact) mass is 567 g/mol. The van der Waals surface area contributed by atoms with Crippen LogP contribution in [0.4, 0.5) is 11.5 Å². The summed E-state index contributed by atoms with van der Waals surface area (Å²) in [4.78, 5) is 30.8. The molecule has 0 aliphatic heterocycles. The lowest BCUT2D eigenvalue weighted by molar-refractivity contribution is -0.121. The number of nitrogens with one attached hydrogen (secondary N) is 3. The van der Waals surface area contributed by atoms with Crippen LogP contribution in [0.5, 0.6) is 0 Å². The maximum Gasteiger partial charge on any atom is 0.294 e. The molecule has 1 heterocycles. The Bertz CT molecular complexity index is 1540. The number of hydrogen-bond acceptors (Lipinski definition) is 8. The van der Waals surface area contributed by atoms with Crippen molar-refractivity contribution in [2.75, 3.05) is 11.1 Å². The predicted octanol–water partition coefficient (Wildman–Crippen LogP) is 2.88. The number of amides is 1. The maximum absolute atomic E-state index is 13.5. The molecule has 0 fully saturated rings. The second kappa shape index (κ2) is 12.8. The molecule has 0 spiro atoms. The zero-order valence-electron chi connectivity index (χ0n) is 23.2. The molecule has 2 aromatic carbocycles. The van der Waals surface area contributed by atoms with E-state index in [2.05, 4.69) is 15.6 Å². The third kappa shape index (κ3) is 7.06. The second-order valence-electron chi connectivity index (χ2n) is 9.84. The molecular formula is C28H37N7O4S. The Balaban J connectivity index is 2.00. The average Bonchev–Trinajstić information content (AvgIpc) is 2.90. The van der Waals surface area contributed by atoms with Gasteiger partial charge >= 0.3 is 0 Å². The van der Waals surface area contributed by atoms with Gasteiger partial charge in [-0.05, 0) is 50.5 Å². The summed E-state index contributed by atoms with van der Waals surface area (Å²) < 4.78 is 27.8. The van der Waals surface area contributed by atoms with Crippen LogP contribution < -0.4 is 27.7 Å². The van der Waals surface area contributed by atoms with Crippen LogP contribution in [0.2, 0.25) is 0 Å². The quantitative estimate of drug-likeness (QED) is 0.126. The fourth-order valence-electron chi connectivity index (χ4n) is 4.30. The number of sulfone groups is 1. The number of nitrogens with zero attached hydrogens (tertiary/aromatic N) is 2. The first-order chi connectivity index (χ1) is 18.9. The van der Waals surface area contributed by atoms with E-state index in [1.807, 2.05) is 27.7 Å². The predicted molar refractivity (Wildman–Crippen MR) is 158 cm³/mol. The summed E-state index contributed by atoms with van der Waals surface area (Å²) in [5.41, 5.74) is 13.3. The molecule has 0 bridgehead atoms. The summed E-state index contributed by atoms with van der Waals surface area (Å²) in [5, 5.41) is 12.7. The molecule has 0 saturated heterocycles. The minimum Gasteiger partial charge on any atom is -0.399 e. The van der Waals surface area contributed by atoms with Gasteiger partial charge in [-0.2, -0.15) is 0 Å². The molecule has 1 amide bonds. The summed E-state index contributed by atoms with van der Waals surface area (Å²) in [6, 6.07) is 11.2. The van der Waals surface area contributed by atoms with Crippen LogP contribution >= 0.6 is 0 Å². The summed E-state index contributed by atoms with van der Waals surface area (Å²) in [6.45, 7) is 7.21. The van der Waals surface area contributed by atoms with E-state index < -0.39 is 26.6 Å². The van der Waals surface area contributed by atoms with E-state index in [-0.39, 0.29) is 47.1 Å². The van der Waals surface area contributed by atoms with Crippen molar-refractivity contribution in [3.8, 4) is 11.3 Å². The van der Waals surface area contributed by atoms with Crippen LogP contribution in [-0.2, 0) is 27.7 Å². The van der Waals surface area contributed by atoms with Crippen LogP contribution in [0.1, 0.15) is 51.7 Å². The van der Waals surface area contributed by atoms with E-state index in [0.29, 0.717) is 24.0 Å². The van der Waals surface area contributed by atoms with Crippen LogP contribution in [-0.4, -0.2) is 41.0 Å². The molecule has 0 aliphatic rings. The zero-order chi connectivity index (χ0) is 29.6. The van der Waals surface area contributed by atoms with Gasteiger partial charge in [0.2, 0.25) is 5.91 Å². The molecule has 12 heteroatoms. The molecule has 3 aromatic rings. The first kappa shape index (κ1) is 30.4. The van der Waals surface area contributed by atoms with Crippen molar-refractivity contribution in [3.63, 3.8) is 0 Å². The number of aromatic nitrogens is 2. The number of hydrogen-bond donors (Lipinski definition) is 5. The van der Waals surface area contributed by atoms with Crippen molar-refractivity contribution < 1.29 is 13.2 Å². The number of nitrogens with two attached hydrogens (primary N) is 2. The van der Waals surface area contributed by atoms with Crippen molar-refractivity contribution in [1.82, 2.24) is 14.9 Å². The molecule has 0 unspecified atom stereocenters. The third-order valence-electron chi connectivity index (χ3n) is 6.44. The molecule has 40 heavy (non-hydrogen) atoms. The van der Waals surface area contributed by atoms with Gasteiger partial charge in [-0.15, -0.1) is 0 Å². The highest BCUT2D eigenvalue weighted by molar-refractivity contribution is 7.92. The molecule has 0 radical (unpaired) electrons. The number of rotatable bonds is 12. The largest absolute Gasteiger partial charge is 0.399 e. The van der Waals surface area contributed by atoms with E-state index in [1.54, 1.807) is 30.3 Å². The van der Waals surface area contributed by atoms with E-state index >= 15 is 0 Å². The highest BCUT2D eigenvalue weighted by atomic mass is 32.2. The topological polar surface area (TPSA) is 186 Å². The van der Waals surface area contributed by atoms with Crippen LogP contribution in [0.25, 0.3) is 11.3 Å². The standard InChI is InChI=1S/C28H37N7O4S/c1-5-22(6-2)40(38,39)23-12-20(11-21(29)13-23)24-15-33-27(34-17(3)4)28(37)35(24)16-25(36)32-14-18-7-9-19(10-8-18)26(30)31/h7-13,15,17,22H,5-6,14,16,29H2,1-4H3,(H3,30,31)(H,32,36)(H,33,34).